The van der Waals surface area contributed by atoms with Crippen molar-refractivity contribution in [1.82, 2.24) is 20.2 Å². The Morgan fingerprint density at radius 3 is 2.77 bits per heavy atom. The van der Waals surface area contributed by atoms with Gasteiger partial charge >= 0.3 is 0 Å². The predicted octanol–water partition coefficient (Wildman–Crippen LogP) is 5.51. The standard InChI is InChI=1S/C24H21N5O/c1-2-30-20-13-12-18(16-8-4-3-5-9-16)14-19(20)27-23-21-22(17-10-6-7-11-17)28-29-24(21)26-15-25-23/h3-6,8-15H,2,7H2,1H3,(H2,25,26,27,28,29). The largest absolute Gasteiger partial charge is 0.492 e. The molecule has 0 amide bonds. The van der Waals surface area contributed by atoms with Crippen molar-refractivity contribution >= 4 is 28.1 Å². The number of aromatic nitrogens is 4. The Bertz CT molecular complexity index is 1260. The minimum Gasteiger partial charge on any atom is -0.492 e. The highest BCUT2D eigenvalue weighted by Crippen LogP contribution is 2.36. The maximum Gasteiger partial charge on any atom is 0.186 e. The molecule has 0 saturated carbocycles. The number of fused-ring (bicyclic) bond motifs is 1. The highest BCUT2D eigenvalue weighted by atomic mass is 16.5. The summed E-state index contributed by atoms with van der Waals surface area (Å²) < 4.78 is 5.87. The second kappa shape index (κ2) is 7.83. The minimum absolute atomic E-state index is 0.577. The molecular weight excluding hydrogens is 374 g/mol. The van der Waals surface area contributed by atoms with Crippen molar-refractivity contribution in [3.8, 4) is 16.9 Å². The number of H-pyrrole nitrogens is 1. The molecule has 1 aliphatic carbocycles. The second-order valence-electron chi connectivity index (χ2n) is 6.95. The molecule has 30 heavy (non-hydrogen) atoms. The summed E-state index contributed by atoms with van der Waals surface area (Å²) in [5.41, 5.74) is 5.72. The van der Waals surface area contributed by atoms with Crippen LogP contribution in [-0.2, 0) is 0 Å². The Kier molecular flexibility index (Phi) is 4.73. The van der Waals surface area contributed by atoms with E-state index in [2.05, 4.69) is 68.0 Å². The fourth-order valence-corrected chi connectivity index (χ4v) is 3.65. The molecule has 1 aliphatic rings. The first-order chi connectivity index (χ1) is 14.8. The maximum atomic E-state index is 5.87. The molecule has 0 radical (unpaired) electrons. The molecule has 0 unspecified atom stereocenters. The molecule has 4 aromatic rings. The number of aromatic amines is 1. The third-order valence-corrected chi connectivity index (χ3v) is 5.05. The van der Waals surface area contributed by atoms with E-state index in [0.717, 1.165) is 45.6 Å². The monoisotopic (exact) mass is 395 g/mol. The van der Waals surface area contributed by atoms with Gasteiger partial charge < -0.3 is 10.1 Å². The third kappa shape index (κ3) is 3.33. The Morgan fingerprint density at radius 2 is 1.97 bits per heavy atom. The lowest BCUT2D eigenvalue weighted by Gasteiger charge is -2.14. The Balaban J connectivity index is 1.60. The van der Waals surface area contributed by atoms with Gasteiger partial charge in [0.25, 0.3) is 0 Å². The Morgan fingerprint density at radius 1 is 1.07 bits per heavy atom. The van der Waals surface area contributed by atoms with Crippen LogP contribution in [0.2, 0.25) is 0 Å². The van der Waals surface area contributed by atoms with Crippen molar-refractivity contribution in [2.45, 2.75) is 13.3 Å². The Labute approximate surface area is 174 Å². The fraction of sp³-hybridized carbons (Fsp3) is 0.125. The quantitative estimate of drug-likeness (QED) is 0.450. The fourth-order valence-electron chi connectivity index (χ4n) is 3.65. The van der Waals surface area contributed by atoms with E-state index >= 15 is 0 Å². The van der Waals surface area contributed by atoms with E-state index < -0.39 is 0 Å². The number of hydrogen-bond acceptors (Lipinski definition) is 5. The zero-order chi connectivity index (χ0) is 20.3. The van der Waals surface area contributed by atoms with Crippen molar-refractivity contribution in [3.05, 3.63) is 78.8 Å². The summed E-state index contributed by atoms with van der Waals surface area (Å²) in [4.78, 5) is 8.84. The Hall–Kier alpha value is -3.93. The summed E-state index contributed by atoms with van der Waals surface area (Å²) in [6.07, 6.45) is 8.81. The highest BCUT2D eigenvalue weighted by molar-refractivity contribution is 5.99. The topological polar surface area (TPSA) is 75.7 Å². The molecule has 0 fully saturated rings. The van der Waals surface area contributed by atoms with E-state index in [1.54, 1.807) is 0 Å². The number of allylic oxidation sites excluding steroid dienone is 4. The number of anilines is 2. The van der Waals surface area contributed by atoms with Crippen molar-refractivity contribution in [2.24, 2.45) is 0 Å². The molecule has 0 spiro atoms. The molecule has 2 aromatic carbocycles. The van der Waals surface area contributed by atoms with Crippen molar-refractivity contribution < 1.29 is 4.74 Å². The van der Waals surface area contributed by atoms with E-state index in [9.17, 15) is 0 Å². The van der Waals surface area contributed by atoms with Gasteiger partial charge in [-0.2, -0.15) is 5.10 Å². The van der Waals surface area contributed by atoms with Crippen molar-refractivity contribution in [1.29, 1.82) is 0 Å². The van der Waals surface area contributed by atoms with Gasteiger partial charge in [0.05, 0.1) is 23.4 Å². The molecule has 5 rings (SSSR count). The zero-order valence-electron chi connectivity index (χ0n) is 16.6. The average molecular weight is 395 g/mol. The molecule has 6 heteroatoms. The van der Waals surface area contributed by atoms with E-state index in [1.807, 2.05) is 31.2 Å². The third-order valence-electron chi connectivity index (χ3n) is 5.05. The normalized spacial score (nSPS) is 12.9. The number of benzene rings is 2. The SMILES string of the molecule is CCOc1ccc(-c2ccccc2)cc1Nc1ncnc2n[nH]c(C3=CCC=C3)c12. The van der Waals surface area contributed by atoms with Gasteiger partial charge in [0, 0.05) is 0 Å². The number of rotatable bonds is 6. The first-order valence-corrected chi connectivity index (χ1v) is 9.99. The second-order valence-corrected chi connectivity index (χ2v) is 6.95. The summed E-state index contributed by atoms with van der Waals surface area (Å²) in [7, 11) is 0. The van der Waals surface area contributed by atoms with E-state index in [4.69, 9.17) is 4.74 Å². The molecule has 0 saturated heterocycles. The van der Waals surface area contributed by atoms with Gasteiger partial charge in [-0.1, -0.05) is 54.6 Å². The number of ether oxygens (including phenoxy) is 1. The van der Waals surface area contributed by atoms with Gasteiger partial charge in [-0.05, 0) is 42.2 Å². The highest BCUT2D eigenvalue weighted by Gasteiger charge is 2.17. The molecule has 2 heterocycles. The summed E-state index contributed by atoms with van der Waals surface area (Å²) >= 11 is 0. The molecule has 2 N–H and O–H groups in total. The van der Waals surface area contributed by atoms with Crippen molar-refractivity contribution in [2.75, 3.05) is 11.9 Å². The first kappa shape index (κ1) is 18.1. The van der Waals surface area contributed by atoms with Gasteiger partial charge in [0.15, 0.2) is 5.65 Å². The van der Waals surface area contributed by atoms with Crippen LogP contribution in [0.25, 0.3) is 27.7 Å². The van der Waals surface area contributed by atoms with Crippen LogP contribution in [0, 0.1) is 0 Å². The van der Waals surface area contributed by atoms with E-state index in [0.29, 0.717) is 18.1 Å². The van der Waals surface area contributed by atoms with Crippen LogP contribution in [0.4, 0.5) is 11.5 Å². The van der Waals surface area contributed by atoms with Gasteiger partial charge in [-0.15, -0.1) is 0 Å². The van der Waals surface area contributed by atoms with Crippen LogP contribution in [0.15, 0.2) is 73.1 Å². The van der Waals surface area contributed by atoms with Gasteiger partial charge in [-0.3, -0.25) is 5.10 Å². The van der Waals surface area contributed by atoms with Crippen LogP contribution >= 0.6 is 0 Å². The molecular formula is C24H21N5O. The van der Waals surface area contributed by atoms with Gasteiger partial charge in [0.2, 0.25) is 0 Å². The minimum atomic E-state index is 0.577. The molecule has 2 aromatic heterocycles. The lowest BCUT2D eigenvalue weighted by Crippen LogP contribution is -2.01. The van der Waals surface area contributed by atoms with E-state index in [-0.39, 0.29) is 0 Å². The lowest BCUT2D eigenvalue weighted by atomic mass is 10.0. The zero-order valence-corrected chi connectivity index (χ0v) is 16.6. The number of hydrogen-bond donors (Lipinski definition) is 2. The van der Waals surface area contributed by atoms with Crippen LogP contribution in [-0.4, -0.2) is 26.8 Å². The number of nitrogens with zero attached hydrogens (tertiary/aromatic N) is 3. The smallest absolute Gasteiger partial charge is 0.186 e. The first-order valence-electron chi connectivity index (χ1n) is 9.99. The summed E-state index contributed by atoms with van der Waals surface area (Å²) in [6, 6.07) is 16.4. The van der Waals surface area contributed by atoms with Crippen LogP contribution in [0.5, 0.6) is 5.75 Å². The van der Waals surface area contributed by atoms with Gasteiger partial charge in [0.1, 0.15) is 17.9 Å². The summed E-state index contributed by atoms with van der Waals surface area (Å²) in [5, 5.41) is 11.8. The van der Waals surface area contributed by atoms with Crippen LogP contribution in [0.3, 0.4) is 0 Å². The summed E-state index contributed by atoms with van der Waals surface area (Å²) in [5.74, 6) is 1.46. The number of nitrogens with one attached hydrogen (secondary N) is 2. The predicted molar refractivity (Wildman–Crippen MR) is 120 cm³/mol. The molecule has 0 aliphatic heterocycles. The molecule has 6 nitrogen and oxygen atoms in total. The molecule has 148 valence electrons. The van der Waals surface area contributed by atoms with Crippen LogP contribution in [0.1, 0.15) is 19.0 Å². The van der Waals surface area contributed by atoms with Gasteiger partial charge in [-0.25, -0.2) is 9.97 Å². The van der Waals surface area contributed by atoms with Crippen molar-refractivity contribution in [3.63, 3.8) is 0 Å². The van der Waals surface area contributed by atoms with Crippen LogP contribution < -0.4 is 10.1 Å². The van der Waals surface area contributed by atoms with E-state index in [1.165, 1.54) is 6.33 Å². The maximum absolute atomic E-state index is 5.87. The molecule has 0 bridgehead atoms. The summed E-state index contributed by atoms with van der Waals surface area (Å²) in [6.45, 7) is 2.55. The average Bonchev–Trinajstić information content (AvgIpc) is 3.46. The molecule has 0 atom stereocenters. The lowest BCUT2D eigenvalue weighted by molar-refractivity contribution is 0.342.